The second-order valence-electron chi connectivity index (χ2n) is 8.24. The van der Waals surface area contributed by atoms with Crippen LogP contribution in [0, 0.1) is 12.7 Å². The fourth-order valence-electron chi connectivity index (χ4n) is 4.30. The van der Waals surface area contributed by atoms with Gasteiger partial charge in [-0.05, 0) is 42.3 Å². The number of para-hydroxylation sites is 1. The molecule has 2 heterocycles. The highest BCUT2D eigenvalue weighted by atomic mass is 19.1. The van der Waals surface area contributed by atoms with Crippen molar-refractivity contribution < 1.29 is 23.9 Å². The monoisotopic (exact) mass is 452 g/mol. The van der Waals surface area contributed by atoms with Gasteiger partial charge in [-0.1, -0.05) is 25.1 Å². The number of aliphatic carboxylic acids is 1. The van der Waals surface area contributed by atoms with Crippen LogP contribution in [-0.2, 0) is 9.59 Å². The lowest BCUT2D eigenvalue weighted by molar-refractivity contribution is -0.139. The Morgan fingerprint density at radius 1 is 1.18 bits per heavy atom. The zero-order valence-corrected chi connectivity index (χ0v) is 18.3. The first-order chi connectivity index (χ1) is 15.8. The maximum Gasteiger partial charge on any atom is 0.326 e. The summed E-state index contributed by atoms with van der Waals surface area (Å²) in [7, 11) is 0. The van der Waals surface area contributed by atoms with Crippen LogP contribution in [0.4, 0.5) is 14.9 Å². The Balaban J connectivity index is 1.46. The van der Waals surface area contributed by atoms with Crippen LogP contribution in [0.1, 0.15) is 24.0 Å². The number of halogens is 1. The highest BCUT2D eigenvalue weighted by Crippen LogP contribution is 2.28. The molecule has 172 valence electrons. The van der Waals surface area contributed by atoms with Gasteiger partial charge in [-0.3, -0.25) is 4.79 Å². The molecule has 0 unspecified atom stereocenters. The Labute approximate surface area is 190 Å². The van der Waals surface area contributed by atoms with Crippen molar-refractivity contribution in [2.24, 2.45) is 0 Å². The van der Waals surface area contributed by atoms with E-state index in [2.05, 4.69) is 10.3 Å². The lowest BCUT2D eigenvalue weighted by atomic mass is 9.93. The molecule has 0 aliphatic carbocycles. The average molecular weight is 452 g/mol. The number of nitrogens with one attached hydrogen (secondary N) is 2. The quantitative estimate of drug-likeness (QED) is 0.553. The molecular weight excluding hydrogens is 427 g/mol. The fraction of sp³-hybridized carbons (Fsp3) is 0.292. The molecule has 1 fully saturated rings. The number of urea groups is 1. The maximum atomic E-state index is 13.4. The van der Waals surface area contributed by atoms with Crippen molar-refractivity contribution in [3.8, 4) is 0 Å². The summed E-state index contributed by atoms with van der Waals surface area (Å²) in [6.45, 7) is 3.72. The van der Waals surface area contributed by atoms with Crippen LogP contribution in [0.15, 0.2) is 48.7 Å². The van der Waals surface area contributed by atoms with E-state index in [-0.39, 0.29) is 31.4 Å². The van der Waals surface area contributed by atoms with E-state index < -0.39 is 24.0 Å². The topological polar surface area (TPSA) is 106 Å². The van der Waals surface area contributed by atoms with Crippen LogP contribution in [0.2, 0.25) is 0 Å². The number of aromatic amines is 1. The minimum Gasteiger partial charge on any atom is -0.480 e. The predicted octanol–water partition coefficient (Wildman–Crippen LogP) is 3.23. The standard InChI is InChI=1S/C24H25FN4O4/c1-14-11-16(25)7-8-20(14)29-10-9-28(13-21(29)30)24(33)27-22(23(31)32)15(2)18-12-26-19-6-4-3-5-17(18)19/h3-8,11-12,15,22,26H,9-10,13H2,1-2H3,(H,27,33)(H,31,32)/t15-,22+/m0/s1. The van der Waals surface area contributed by atoms with Crippen LogP contribution in [0.3, 0.4) is 0 Å². The van der Waals surface area contributed by atoms with Gasteiger partial charge in [0.2, 0.25) is 5.91 Å². The third kappa shape index (κ3) is 4.39. The van der Waals surface area contributed by atoms with E-state index in [1.54, 1.807) is 26.1 Å². The van der Waals surface area contributed by atoms with Gasteiger partial charge >= 0.3 is 12.0 Å². The number of carbonyl (C=O) groups is 3. The molecule has 2 aromatic carbocycles. The minimum atomic E-state index is -1.18. The van der Waals surface area contributed by atoms with Crippen molar-refractivity contribution in [2.45, 2.75) is 25.8 Å². The van der Waals surface area contributed by atoms with Gasteiger partial charge in [-0.15, -0.1) is 0 Å². The van der Waals surface area contributed by atoms with Crippen molar-refractivity contribution in [1.82, 2.24) is 15.2 Å². The van der Waals surface area contributed by atoms with Crippen LogP contribution in [-0.4, -0.2) is 58.6 Å². The van der Waals surface area contributed by atoms with Gasteiger partial charge in [0, 0.05) is 41.8 Å². The van der Waals surface area contributed by atoms with E-state index in [1.165, 1.54) is 21.9 Å². The number of rotatable bonds is 5. The molecule has 1 aliphatic rings. The third-order valence-corrected chi connectivity index (χ3v) is 6.11. The summed E-state index contributed by atoms with van der Waals surface area (Å²) in [5.41, 5.74) is 2.89. The van der Waals surface area contributed by atoms with E-state index >= 15 is 0 Å². The molecule has 4 rings (SSSR count). The van der Waals surface area contributed by atoms with Crippen molar-refractivity contribution in [3.63, 3.8) is 0 Å². The number of fused-ring (bicyclic) bond motifs is 1. The molecule has 3 amide bonds. The molecule has 1 saturated heterocycles. The minimum absolute atomic E-state index is 0.198. The number of carboxylic acids is 1. The van der Waals surface area contributed by atoms with Gasteiger partial charge in [0.1, 0.15) is 18.4 Å². The summed E-state index contributed by atoms with van der Waals surface area (Å²) in [6.07, 6.45) is 1.75. The molecule has 1 aromatic heterocycles. The Morgan fingerprint density at radius 3 is 2.64 bits per heavy atom. The normalized spacial score (nSPS) is 16.0. The largest absolute Gasteiger partial charge is 0.480 e. The van der Waals surface area contributed by atoms with E-state index in [9.17, 15) is 23.9 Å². The maximum absolute atomic E-state index is 13.4. The molecule has 9 heteroatoms. The van der Waals surface area contributed by atoms with Crippen molar-refractivity contribution in [1.29, 1.82) is 0 Å². The first-order valence-electron chi connectivity index (χ1n) is 10.7. The SMILES string of the molecule is Cc1cc(F)ccc1N1CCN(C(=O)N[C@@H](C(=O)O)[C@@H](C)c2c[nH]c3ccccc23)CC1=O. The Morgan fingerprint density at radius 2 is 1.94 bits per heavy atom. The van der Waals surface area contributed by atoms with Gasteiger partial charge in [0.15, 0.2) is 0 Å². The Hall–Kier alpha value is -3.88. The van der Waals surface area contributed by atoms with Crippen LogP contribution in [0.25, 0.3) is 10.9 Å². The number of H-pyrrole nitrogens is 1. The molecule has 0 radical (unpaired) electrons. The fourth-order valence-corrected chi connectivity index (χ4v) is 4.30. The predicted molar refractivity (Wildman–Crippen MR) is 122 cm³/mol. The van der Waals surface area contributed by atoms with E-state index in [4.69, 9.17) is 0 Å². The Bertz CT molecular complexity index is 1220. The number of benzene rings is 2. The average Bonchev–Trinajstić information content (AvgIpc) is 3.21. The lowest BCUT2D eigenvalue weighted by Gasteiger charge is -2.35. The number of amides is 3. The summed E-state index contributed by atoms with van der Waals surface area (Å²) in [4.78, 5) is 43.5. The number of piperazine rings is 1. The summed E-state index contributed by atoms with van der Waals surface area (Å²) < 4.78 is 13.4. The van der Waals surface area contributed by atoms with Crippen molar-refractivity contribution in [3.05, 3.63) is 65.6 Å². The zero-order chi connectivity index (χ0) is 23.7. The van der Waals surface area contributed by atoms with Gasteiger partial charge in [0.25, 0.3) is 0 Å². The molecule has 1 aliphatic heterocycles. The molecule has 3 N–H and O–H groups in total. The first kappa shape index (κ1) is 22.3. The molecule has 0 spiro atoms. The second-order valence-corrected chi connectivity index (χ2v) is 8.24. The molecule has 0 bridgehead atoms. The molecule has 3 aromatic rings. The molecular formula is C24H25FN4O4. The van der Waals surface area contributed by atoms with Gasteiger partial charge in [0.05, 0.1) is 0 Å². The van der Waals surface area contributed by atoms with E-state index in [0.717, 1.165) is 16.5 Å². The summed E-state index contributed by atoms with van der Waals surface area (Å²) in [5.74, 6) is -2.37. The summed E-state index contributed by atoms with van der Waals surface area (Å²) in [6, 6.07) is 9.94. The molecule has 33 heavy (non-hydrogen) atoms. The third-order valence-electron chi connectivity index (χ3n) is 6.11. The second kappa shape index (κ2) is 8.93. The summed E-state index contributed by atoms with van der Waals surface area (Å²) in [5, 5.41) is 13.3. The van der Waals surface area contributed by atoms with Crippen LogP contribution >= 0.6 is 0 Å². The zero-order valence-electron chi connectivity index (χ0n) is 18.3. The highest BCUT2D eigenvalue weighted by Gasteiger charge is 2.34. The van der Waals surface area contributed by atoms with Gasteiger partial charge in [-0.2, -0.15) is 0 Å². The number of nitrogens with zero attached hydrogens (tertiary/aromatic N) is 2. The number of anilines is 1. The number of hydrogen-bond acceptors (Lipinski definition) is 3. The number of carboxylic acid groups (broad SMARTS) is 1. The number of hydrogen-bond donors (Lipinski definition) is 3. The number of carbonyl (C=O) groups excluding carboxylic acids is 2. The summed E-state index contributed by atoms with van der Waals surface area (Å²) >= 11 is 0. The number of aromatic nitrogens is 1. The van der Waals surface area contributed by atoms with Gasteiger partial charge in [-0.25, -0.2) is 14.0 Å². The molecule has 2 atom stereocenters. The molecule has 8 nitrogen and oxygen atoms in total. The number of aryl methyl sites for hydroxylation is 1. The van der Waals surface area contributed by atoms with Crippen LogP contribution in [0.5, 0.6) is 0 Å². The van der Waals surface area contributed by atoms with Crippen molar-refractivity contribution >= 4 is 34.5 Å². The highest BCUT2D eigenvalue weighted by molar-refractivity contribution is 5.98. The van der Waals surface area contributed by atoms with Crippen molar-refractivity contribution in [2.75, 3.05) is 24.5 Å². The molecule has 0 saturated carbocycles. The smallest absolute Gasteiger partial charge is 0.326 e. The first-order valence-corrected chi connectivity index (χ1v) is 10.7. The van der Waals surface area contributed by atoms with Gasteiger partial charge < -0.3 is 25.2 Å². The van der Waals surface area contributed by atoms with E-state index in [1.807, 2.05) is 24.3 Å². The lowest BCUT2D eigenvalue weighted by Crippen LogP contribution is -2.57. The van der Waals surface area contributed by atoms with Crippen LogP contribution < -0.4 is 10.2 Å². The Kier molecular flexibility index (Phi) is 6.04. The van der Waals surface area contributed by atoms with E-state index in [0.29, 0.717) is 11.3 Å².